The van der Waals surface area contributed by atoms with Gasteiger partial charge in [-0.3, -0.25) is 0 Å². The Bertz CT molecular complexity index is 131. The molecule has 0 aliphatic heterocycles. The van der Waals surface area contributed by atoms with Crippen LogP contribution in [0.5, 0.6) is 0 Å². The normalized spacial score (nSPS) is 30.8. The Morgan fingerprint density at radius 2 is 1.92 bits per heavy atom. The van der Waals surface area contributed by atoms with Crippen molar-refractivity contribution in [2.45, 2.75) is 52.5 Å². The predicted octanol–water partition coefficient (Wildman–Crippen LogP) is 2.80. The van der Waals surface area contributed by atoms with Crippen LogP contribution in [-0.2, 0) is 0 Å². The van der Waals surface area contributed by atoms with E-state index in [1.807, 2.05) is 0 Å². The van der Waals surface area contributed by atoms with Gasteiger partial charge in [-0.1, -0.05) is 33.6 Å². The van der Waals surface area contributed by atoms with Crippen LogP contribution in [0.3, 0.4) is 0 Å². The topological polar surface area (TPSA) is 26.0 Å². The Labute approximate surface area is 76.7 Å². The maximum Gasteiger partial charge on any atom is 0.00698 e. The summed E-state index contributed by atoms with van der Waals surface area (Å²) in [5.41, 5.74) is 6.06. The van der Waals surface area contributed by atoms with Crippen LogP contribution in [-0.4, -0.2) is 6.04 Å². The zero-order chi connectivity index (χ0) is 9.14. The molecule has 1 fully saturated rings. The van der Waals surface area contributed by atoms with Gasteiger partial charge in [-0.2, -0.15) is 0 Å². The van der Waals surface area contributed by atoms with Crippen molar-refractivity contribution in [2.75, 3.05) is 0 Å². The highest BCUT2D eigenvalue weighted by Gasteiger charge is 2.36. The Morgan fingerprint density at radius 1 is 1.33 bits per heavy atom. The van der Waals surface area contributed by atoms with Crippen LogP contribution >= 0.6 is 0 Å². The molecular formula is C11H23N. The van der Waals surface area contributed by atoms with Gasteiger partial charge >= 0.3 is 0 Å². The third-order valence-electron chi connectivity index (χ3n) is 3.04. The van der Waals surface area contributed by atoms with E-state index in [2.05, 4.69) is 20.8 Å². The van der Waals surface area contributed by atoms with Crippen LogP contribution in [0.2, 0.25) is 0 Å². The molecule has 0 amide bonds. The first kappa shape index (κ1) is 10.0. The molecule has 0 bridgehead atoms. The Balaban J connectivity index is 1.99. The SMILES string of the molecule is CC(C)CCCC(N)C1CC1C. The molecule has 0 spiro atoms. The summed E-state index contributed by atoms with van der Waals surface area (Å²) in [6.45, 7) is 6.88. The lowest BCUT2D eigenvalue weighted by Crippen LogP contribution is -2.23. The highest BCUT2D eigenvalue weighted by Crippen LogP contribution is 2.41. The van der Waals surface area contributed by atoms with Crippen LogP contribution in [0.15, 0.2) is 0 Å². The number of rotatable bonds is 5. The van der Waals surface area contributed by atoms with E-state index in [0.717, 1.165) is 17.8 Å². The molecule has 2 N–H and O–H groups in total. The van der Waals surface area contributed by atoms with Gasteiger partial charge in [0.1, 0.15) is 0 Å². The first-order valence-corrected chi connectivity index (χ1v) is 5.37. The van der Waals surface area contributed by atoms with E-state index >= 15 is 0 Å². The Hall–Kier alpha value is -0.0400. The number of hydrogen-bond donors (Lipinski definition) is 1. The molecule has 3 atom stereocenters. The third kappa shape index (κ3) is 3.14. The average molecular weight is 169 g/mol. The van der Waals surface area contributed by atoms with Gasteiger partial charge in [-0.15, -0.1) is 0 Å². The van der Waals surface area contributed by atoms with Gasteiger partial charge in [-0.25, -0.2) is 0 Å². The molecule has 1 aliphatic carbocycles. The molecule has 0 aromatic carbocycles. The van der Waals surface area contributed by atoms with E-state index in [1.54, 1.807) is 0 Å². The zero-order valence-electron chi connectivity index (χ0n) is 8.72. The van der Waals surface area contributed by atoms with Crippen LogP contribution in [0.4, 0.5) is 0 Å². The van der Waals surface area contributed by atoms with Gasteiger partial charge in [-0.05, 0) is 30.6 Å². The summed E-state index contributed by atoms with van der Waals surface area (Å²) in [6.07, 6.45) is 5.28. The molecule has 0 heterocycles. The van der Waals surface area contributed by atoms with Crippen molar-refractivity contribution in [1.29, 1.82) is 0 Å². The minimum atomic E-state index is 0.499. The van der Waals surface area contributed by atoms with Crippen molar-refractivity contribution < 1.29 is 0 Å². The molecule has 12 heavy (non-hydrogen) atoms. The number of hydrogen-bond acceptors (Lipinski definition) is 1. The first-order valence-electron chi connectivity index (χ1n) is 5.37. The van der Waals surface area contributed by atoms with E-state index in [4.69, 9.17) is 5.73 Å². The predicted molar refractivity (Wildman–Crippen MR) is 53.9 cm³/mol. The summed E-state index contributed by atoms with van der Waals surface area (Å²) < 4.78 is 0. The lowest BCUT2D eigenvalue weighted by atomic mass is 10.0. The van der Waals surface area contributed by atoms with Crippen LogP contribution in [0.25, 0.3) is 0 Å². The maximum atomic E-state index is 6.06. The molecule has 0 aromatic heterocycles. The summed E-state index contributed by atoms with van der Waals surface area (Å²) in [4.78, 5) is 0. The second-order valence-electron chi connectivity index (χ2n) is 4.87. The minimum absolute atomic E-state index is 0.499. The first-order chi connectivity index (χ1) is 5.61. The highest BCUT2D eigenvalue weighted by atomic mass is 14.7. The monoisotopic (exact) mass is 169 g/mol. The van der Waals surface area contributed by atoms with Crippen molar-refractivity contribution in [3.05, 3.63) is 0 Å². The lowest BCUT2D eigenvalue weighted by molar-refractivity contribution is 0.461. The largest absolute Gasteiger partial charge is 0.327 e. The van der Waals surface area contributed by atoms with Crippen molar-refractivity contribution in [2.24, 2.45) is 23.5 Å². The molecule has 0 aromatic rings. The van der Waals surface area contributed by atoms with E-state index < -0.39 is 0 Å². The van der Waals surface area contributed by atoms with Gasteiger partial charge in [0.05, 0.1) is 0 Å². The number of nitrogens with two attached hydrogens (primary N) is 1. The van der Waals surface area contributed by atoms with Gasteiger partial charge in [0.2, 0.25) is 0 Å². The fraction of sp³-hybridized carbons (Fsp3) is 1.00. The Kier molecular flexibility index (Phi) is 3.57. The standard InChI is InChI=1S/C11H23N/c1-8(2)5-4-6-11(12)10-7-9(10)3/h8-11H,4-7,12H2,1-3H3. The van der Waals surface area contributed by atoms with Crippen molar-refractivity contribution in [3.63, 3.8) is 0 Å². The lowest BCUT2D eigenvalue weighted by Gasteiger charge is -2.11. The molecule has 1 aliphatic rings. The van der Waals surface area contributed by atoms with E-state index in [9.17, 15) is 0 Å². The van der Waals surface area contributed by atoms with Crippen molar-refractivity contribution >= 4 is 0 Å². The molecule has 1 saturated carbocycles. The van der Waals surface area contributed by atoms with Crippen molar-refractivity contribution in [3.8, 4) is 0 Å². The molecule has 0 radical (unpaired) electrons. The molecule has 1 heteroatoms. The van der Waals surface area contributed by atoms with Crippen molar-refractivity contribution in [1.82, 2.24) is 0 Å². The molecular weight excluding hydrogens is 146 g/mol. The van der Waals surface area contributed by atoms with Gasteiger partial charge in [0.15, 0.2) is 0 Å². The van der Waals surface area contributed by atoms with Crippen LogP contribution in [0.1, 0.15) is 46.5 Å². The summed E-state index contributed by atoms with van der Waals surface area (Å²) in [5.74, 6) is 2.62. The summed E-state index contributed by atoms with van der Waals surface area (Å²) in [6, 6.07) is 0.499. The van der Waals surface area contributed by atoms with Gasteiger partial charge in [0.25, 0.3) is 0 Å². The maximum absolute atomic E-state index is 6.06. The molecule has 1 nitrogen and oxygen atoms in total. The molecule has 1 rings (SSSR count). The average Bonchev–Trinajstić information content (AvgIpc) is 2.66. The van der Waals surface area contributed by atoms with E-state index in [0.29, 0.717) is 6.04 Å². The summed E-state index contributed by atoms with van der Waals surface area (Å²) >= 11 is 0. The van der Waals surface area contributed by atoms with E-state index in [-0.39, 0.29) is 0 Å². The fourth-order valence-electron chi connectivity index (χ4n) is 1.92. The molecule has 0 saturated heterocycles. The zero-order valence-corrected chi connectivity index (χ0v) is 8.72. The molecule has 3 unspecified atom stereocenters. The third-order valence-corrected chi connectivity index (χ3v) is 3.04. The fourth-order valence-corrected chi connectivity index (χ4v) is 1.92. The van der Waals surface area contributed by atoms with Gasteiger partial charge < -0.3 is 5.73 Å². The molecule has 72 valence electrons. The smallest absolute Gasteiger partial charge is 0.00698 e. The summed E-state index contributed by atoms with van der Waals surface area (Å²) in [5, 5.41) is 0. The van der Waals surface area contributed by atoms with Gasteiger partial charge in [0, 0.05) is 6.04 Å². The second kappa shape index (κ2) is 4.27. The second-order valence-corrected chi connectivity index (χ2v) is 4.87. The van der Waals surface area contributed by atoms with E-state index in [1.165, 1.54) is 25.7 Å². The highest BCUT2D eigenvalue weighted by molar-refractivity contribution is 4.90. The van der Waals surface area contributed by atoms with Crippen LogP contribution in [0, 0.1) is 17.8 Å². The Morgan fingerprint density at radius 3 is 2.33 bits per heavy atom. The minimum Gasteiger partial charge on any atom is -0.327 e. The quantitative estimate of drug-likeness (QED) is 0.673. The van der Waals surface area contributed by atoms with Crippen LogP contribution < -0.4 is 5.73 Å². The summed E-state index contributed by atoms with van der Waals surface area (Å²) in [7, 11) is 0.